The number of nitrogens with zero attached hydrogens (tertiary/aromatic N) is 1. The van der Waals surface area contributed by atoms with Crippen LogP contribution in [0.15, 0.2) is 21.1 Å². The molecule has 1 aromatic carbocycles. The van der Waals surface area contributed by atoms with E-state index in [0.29, 0.717) is 11.6 Å². The summed E-state index contributed by atoms with van der Waals surface area (Å²) in [6, 6.07) is 3.84. The van der Waals surface area contributed by atoms with Crippen LogP contribution in [0.4, 0.5) is 5.88 Å². The average Bonchev–Trinajstić information content (AvgIpc) is 2.97. The van der Waals surface area contributed by atoms with Gasteiger partial charge in [-0.1, -0.05) is 5.16 Å². The Hall–Kier alpha value is -1.49. The highest BCUT2D eigenvalue weighted by Crippen LogP contribution is 2.43. The van der Waals surface area contributed by atoms with Gasteiger partial charge in [0.05, 0.1) is 11.6 Å². The van der Waals surface area contributed by atoms with Crippen LogP contribution in [-0.2, 0) is 12.8 Å². The molecule has 94 valence electrons. The summed E-state index contributed by atoms with van der Waals surface area (Å²) in [6.07, 6.45) is 3.37. The van der Waals surface area contributed by atoms with Crippen molar-refractivity contribution >= 4 is 21.8 Å². The van der Waals surface area contributed by atoms with E-state index in [4.69, 9.17) is 15.0 Å². The topological polar surface area (TPSA) is 61.3 Å². The van der Waals surface area contributed by atoms with Gasteiger partial charge in [0.15, 0.2) is 0 Å². The highest BCUT2D eigenvalue weighted by Gasteiger charge is 2.22. The summed E-state index contributed by atoms with van der Waals surface area (Å²) in [6.45, 7) is 0. The van der Waals surface area contributed by atoms with Crippen molar-refractivity contribution in [2.24, 2.45) is 0 Å². The van der Waals surface area contributed by atoms with E-state index in [1.165, 1.54) is 17.5 Å². The molecule has 0 atom stereocenters. The first-order chi connectivity index (χ1) is 8.70. The fourth-order valence-corrected chi connectivity index (χ4v) is 3.31. The number of aryl methyl sites for hydroxylation is 1. The zero-order chi connectivity index (χ0) is 12.7. The molecule has 0 spiro atoms. The van der Waals surface area contributed by atoms with Crippen molar-refractivity contribution in [3.8, 4) is 17.0 Å². The average molecular weight is 309 g/mol. The third-order valence-electron chi connectivity index (χ3n) is 3.30. The number of anilines is 1. The summed E-state index contributed by atoms with van der Waals surface area (Å²) >= 11 is 3.63. The maximum Gasteiger partial charge on any atom is 0.222 e. The number of aromatic nitrogens is 1. The van der Waals surface area contributed by atoms with Gasteiger partial charge in [-0.05, 0) is 52.4 Å². The smallest absolute Gasteiger partial charge is 0.222 e. The molecule has 0 fully saturated rings. The lowest BCUT2D eigenvalue weighted by atomic mass is 10.0. The monoisotopic (exact) mass is 308 g/mol. The Morgan fingerprint density at radius 1 is 1.39 bits per heavy atom. The molecule has 0 saturated heterocycles. The SMILES string of the molecule is COc1c(-c2cc(N)on2)cc2c(c1Br)CCC2. The van der Waals surface area contributed by atoms with Gasteiger partial charge in [0.2, 0.25) is 5.88 Å². The van der Waals surface area contributed by atoms with Crippen LogP contribution < -0.4 is 10.5 Å². The number of nitrogens with two attached hydrogens (primary N) is 1. The van der Waals surface area contributed by atoms with Crippen LogP contribution in [0.5, 0.6) is 5.75 Å². The first-order valence-electron chi connectivity index (χ1n) is 5.81. The van der Waals surface area contributed by atoms with Gasteiger partial charge in [-0.15, -0.1) is 0 Å². The van der Waals surface area contributed by atoms with Crippen LogP contribution in [0.3, 0.4) is 0 Å². The molecule has 0 radical (unpaired) electrons. The van der Waals surface area contributed by atoms with Gasteiger partial charge >= 0.3 is 0 Å². The molecule has 18 heavy (non-hydrogen) atoms. The number of benzene rings is 1. The number of ether oxygens (including phenoxy) is 1. The van der Waals surface area contributed by atoms with Gasteiger partial charge in [0.25, 0.3) is 0 Å². The van der Waals surface area contributed by atoms with Crippen molar-refractivity contribution in [2.45, 2.75) is 19.3 Å². The summed E-state index contributed by atoms with van der Waals surface area (Å²) in [4.78, 5) is 0. The lowest BCUT2D eigenvalue weighted by Gasteiger charge is -2.12. The summed E-state index contributed by atoms with van der Waals surface area (Å²) < 4.78 is 11.5. The van der Waals surface area contributed by atoms with Crippen LogP contribution in [0, 0.1) is 0 Å². The second kappa shape index (κ2) is 4.31. The summed E-state index contributed by atoms with van der Waals surface area (Å²) in [7, 11) is 1.66. The van der Waals surface area contributed by atoms with E-state index in [1.54, 1.807) is 13.2 Å². The van der Waals surface area contributed by atoms with Gasteiger partial charge in [0.1, 0.15) is 11.4 Å². The lowest BCUT2D eigenvalue weighted by molar-refractivity contribution is 0.411. The molecule has 0 aliphatic heterocycles. The number of hydrogen-bond donors (Lipinski definition) is 1. The Morgan fingerprint density at radius 2 is 2.22 bits per heavy atom. The largest absolute Gasteiger partial charge is 0.495 e. The van der Waals surface area contributed by atoms with Crippen molar-refractivity contribution < 1.29 is 9.26 Å². The third kappa shape index (κ3) is 1.70. The van der Waals surface area contributed by atoms with Gasteiger partial charge in [-0.2, -0.15) is 0 Å². The molecule has 1 aliphatic rings. The van der Waals surface area contributed by atoms with Crippen molar-refractivity contribution in [2.75, 3.05) is 12.8 Å². The molecule has 0 unspecified atom stereocenters. The number of methoxy groups -OCH3 is 1. The Morgan fingerprint density at radius 3 is 2.89 bits per heavy atom. The second-order valence-corrected chi connectivity index (χ2v) is 5.17. The summed E-state index contributed by atoms with van der Waals surface area (Å²) in [5.41, 5.74) is 9.89. The second-order valence-electron chi connectivity index (χ2n) is 4.38. The van der Waals surface area contributed by atoms with Crippen LogP contribution in [0.1, 0.15) is 17.5 Å². The molecular weight excluding hydrogens is 296 g/mol. The molecule has 1 heterocycles. The van der Waals surface area contributed by atoms with E-state index < -0.39 is 0 Å². The van der Waals surface area contributed by atoms with E-state index in [2.05, 4.69) is 27.2 Å². The molecule has 0 saturated carbocycles. The molecule has 0 bridgehead atoms. The van der Waals surface area contributed by atoms with E-state index in [1.807, 2.05) is 0 Å². The van der Waals surface area contributed by atoms with E-state index in [-0.39, 0.29) is 0 Å². The minimum atomic E-state index is 0.309. The Bertz CT molecular complexity index is 607. The van der Waals surface area contributed by atoms with Gasteiger partial charge < -0.3 is 15.0 Å². The first kappa shape index (κ1) is 11.6. The van der Waals surface area contributed by atoms with Crippen LogP contribution in [-0.4, -0.2) is 12.3 Å². The van der Waals surface area contributed by atoms with Gasteiger partial charge in [-0.3, -0.25) is 0 Å². The fraction of sp³-hybridized carbons (Fsp3) is 0.308. The maximum absolute atomic E-state index is 5.58. The minimum Gasteiger partial charge on any atom is -0.495 e. The molecule has 1 aliphatic carbocycles. The molecule has 4 nitrogen and oxygen atoms in total. The molecule has 0 amide bonds. The molecule has 3 rings (SSSR count). The Balaban J connectivity index is 2.23. The van der Waals surface area contributed by atoms with Crippen molar-refractivity contribution in [3.05, 3.63) is 27.7 Å². The van der Waals surface area contributed by atoms with E-state index in [0.717, 1.165) is 28.6 Å². The number of nitrogen functional groups attached to an aromatic ring is 1. The standard InChI is InChI=1S/C13H13BrN2O2/c1-17-13-9(10-6-11(15)18-16-10)5-7-3-2-4-8(7)12(13)14/h5-6H,2-4,15H2,1H3. The molecule has 2 N–H and O–H groups in total. The molecule has 1 aromatic heterocycles. The molecular formula is C13H13BrN2O2. The van der Waals surface area contributed by atoms with E-state index >= 15 is 0 Å². The number of hydrogen-bond acceptors (Lipinski definition) is 4. The zero-order valence-electron chi connectivity index (χ0n) is 10.00. The Kier molecular flexibility index (Phi) is 2.78. The van der Waals surface area contributed by atoms with Gasteiger partial charge in [-0.25, -0.2) is 0 Å². The number of rotatable bonds is 2. The number of halogens is 1. The molecule has 2 aromatic rings. The van der Waals surface area contributed by atoms with Crippen LogP contribution in [0.2, 0.25) is 0 Å². The first-order valence-corrected chi connectivity index (χ1v) is 6.61. The summed E-state index contributed by atoms with van der Waals surface area (Å²) in [5, 5.41) is 3.96. The van der Waals surface area contributed by atoms with Crippen molar-refractivity contribution in [3.63, 3.8) is 0 Å². The van der Waals surface area contributed by atoms with Crippen molar-refractivity contribution in [1.29, 1.82) is 0 Å². The third-order valence-corrected chi connectivity index (χ3v) is 4.14. The highest BCUT2D eigenvalue weighted by atomic mass is 79.9. The highest BCUT2D eigenvalue weighted by molar-refractivity contribution is 9.10. The van der Waals surface area contributed by atoms with Crippen LogP contribution in [0.25, 0.3) is 11.3 Å². The lowest BCUT2D eigenvalue weighted by Crippen LogP contribution is -1.95. The Labute approximate surface area is 113 Å². The zero-order valence-corrected chi connectivity index (χ0v) is 11.6. The number of fused-ring (bicyclic) bond motifs is 1. The fourth-order valence-electron chi connectivity index (χ4n) is 2.48. The van der Waals surface area contributed by atoms with Gasteiger partial charge in [0, 0.05) is 11.6 Å². The predicted molar refractivity (Wildman–Crippen MR) is 72.6 cm³/mol. The predicted octanol–water partition coefficient (Wildman–Crippen LogP) is 3.18. The quantitative estimate of drug-likeness (QED) is 0.925. The minimum absolute atomic E-state index is 0.309. The maximum atomic E-state index is 5.58. The van der Waals surface area contributed by atoms with E-state index in [9.17, 15) is 0 Å². The molecule has 5 heteroatoms. The normalized spacial score (nSPS) is 13.7. The van der Waals surface area contributed by atoms with Crippen LogP contribution >= 0.6 is 15.9 Å². The summed E-state index contributed by atoms with van der Waals surface area (Å²) in [5.74, 6) is 1.10. The van der Waals surface area contributed by atoms with Crippen molar-refractivity contribution in [1.82, 2.24) is 5.16 Å².